The predicted molar refractivity (Wildman–Crippen MR) is 69.9 cm³/mol. The number of hydrogen-bond donors (Lipinski definition) is 1. The van der Waals surface area contributed by atoms with E-state index in [0.29, 0.717) is 5.41 Å². The van der Waals surface area contributed by atoms with Gasteiger partial charge in [-0.1, -0.05) is 55.4 Å². The number of nitrogens with one attached hydrogen (secondary N) is 1. The topological polar surface area (TPSA) is 12.0 Å². The van der Waals surface area contributed by atoms with Gasteiger partial charge in [-0.05, 0) is 17.4 Å². The van der Waals surface area contributed by atoms with E-state index >= 15 is 0 Å². The van der Waals surface area contributed by atoms with E-state index < -0.39 is 0 Å². The predicted octanol–water partition coefficient (Wildman–Crippen LogP) is 4.35. The van der Waals surface area contributed by atoms with Crippen molar-refractivity contribution in [2.45, 2.75) is 61.8 Å². The van der Waals surface area contributed by atoms with Crippen molar-refractivity contribution in [3.63, 3.8) is 0 Å². The summed E-state index contributed by atoms with van der Waals surface area (Å²) in [5.41, 5.74) is 3.69. The highest BCUT2D eigenvalue weighted by Crippen LogP contribution is 2.39. The van der Waals surface area contributed by atoms with Crippen molar-refractivity contribution >= 4 is 0 Å². The summed E-state index contributed by atoms with van der Waals surface area (Å²) in [7, 11) is 0. The van der Waals surface area contributed by atoms with Crippen LogP contribution in [-0.2, 0) is 0 Å². The Labute approximate surface area is 96.3 Å². The molecule has 1 aliphatic rings. The lowest BCUT2D eigenvalue weighted by atomic mass is 9.79. The molecule has 0 aromatic carbocycles. The van der Waals surface area contributed by atoms with Crippen molar-refractivity contribution in [1.29, 1.82) is 0 Å². The molecule has 0 atom stereocenters. The minimum absolute atomic E-state index is 0.277. The van der Waals surface area contributed by atoms with Crippen LogP contribution < -0.4 is 5.32 Å². The molecule has 0 spiro atoms. The van der Waals surface area contributed by atoms with Gasteiger partial charge in [0.2, 0.25) is 0 Å². The van der Waals surface area contributed by atoms with E-state index in [0.717, 1.165) is 6.54 Å². The molecule has 0 saturated carbocycles. The molecular formula is C14H29N. The maximum atomic E-state index is 3.53. The standard InChI is InChI=1S/C12H23N.C2H6/c1-11(2,3)9-7-8-13-10(9)12(4,5)6;1-2/h13H,7-8H2,1-6H3;1-2H3. The average Bonchev–Trinajstić information content (AvgIpc) is 2.53. The Bertz CT molecular complexity index is 199. The highest BCUT2D eigenvalue weighted by molar-refractivity contribution is 5.27. The van der Waals surface area contributed by atoms with Gasteiger partial charge in [0.25, 0.3) is 0 Å². The van der Waals surface area contributed by atoms with Crippen LogP contribution in [0, 0.1) is 10.8 Å². The highest BCUT2D eigenvalue weighted by atomic mass is 14.9. The normalized spacial score (nSPS) is 17.1. The Morgan fingerprint density at radius 1 is 0.867 bits per heavy atom. The first kappa shape index (κ1) is 14.5. The van der Waals surface area contributed by atoms with Crippen LogP contribution in [0.5, 0.6) is 0 Å². The fourth-order valence-electron chi connectivity index (χ4n) is 2.01. The second-order valence-corrected chi connectivity index (χ2v) is 6.03. The van der Waals surface area contributed by atoms with Crippen LogP contribution in [-0.4, -0.2) is 6.54 Å². The van der Waals surface area contributed by atoms with Gasteiger partial charge in [0, 0.05) is 17.7 Å². The van der Waals surface area contributed by atoms with Gasteiger partial charge >= 0.3 is 0 Å². The molecule has 1 N–H and O–H groups in total. The van der Waals surface area contributed by atoms with E-state index in [1.807, 2.05) is 13.8 Å². The molecule has 0 fully saturated rings. The number of hydrogen-bond acceptors (Lipinski definition) is 1. The lowest BCUT2D eigenvalue weighted by Crippen LogP contribution is -2.23. The van der Waals surface area contributed by atoms with E-state index in [9.17, 15) is 0 Å². The molecule has 1 heteroatoms. The quantitative estimate of drug-likeness (QED) is 0.628. The molecule has 0 saturated heterocycles. The lowest BCUT2D eigenvalue weighted by Gasteiger charge is -2.28. The van der Waals surface area contributed by atoms with Gasteiger partial charge in [0.1, 0.15) is 0 Å². The van der Waals surface area contributed by atoms with E-state index in [-0.39, 0.29) is 5.41 Å². The van der Waals surface area contributed by atoms with Crippen LogP contribution in [0.4, 0.5) is 0 Å². The summed E-state index contributed by atoms with van der Waals surface area (Å²) in [5, 5.41) is 3.53. The third-order valence-corrected chi connectivity index (χ3v) is 2.63. The molecule has 1 aliphatic heterocycles. The minimum Gasteiger partial charge on any atom is -0.388 e. The molecule has 1 nitrogen and oxygen atoms in total. The van der Waals surface area contributed by atoms with Gasteiger partial charge in [0.15, 0.2) is 0 Å². The van der Waals surface area contributed by atoms with E-state index in [4.69, 9.17) is 0 Å². The zero-order valence-corrected chi connectivity index (χ0v) is 11.9. The van der Waals surface area contributed by atoms with Crippen LogP contribution in [0.3, 0.4) is 0 Å². The molecule has 0 aliphatic carbocycles. The summed E-state index contributed by atoms with van der Waals surface area (Å²) in [6.07, 6.45) is 1.22. The molecule has 0 radical (unpaired) electrons. The zero-order chi connectivity index (χ0) is 12.3. The molecule has 0 aromatic heterocycles. The van der Waals surface area contributed by atoms with Crippen molar-refractivity contribution in [1.82, 2.24) is 5.32 Å². The first-order valence-corrected chi connectivity index (χ1v) is 6.21. The van der Waals surface area contributed by atoms with E-state index in [1.54, 1.807) is 5.57 Å². The van der Waals surface area contributed by atoms with Crippen molar-refractivity contribution in [2.75, 3.05) is 6.54 Å². The summed E-state index contributed by atoms with van der Waals surface area (Å²) in [6.45, 7) is 18.9. The SMILES string of the molecule is CC.CC(C)(C)C1=C(C(C)(C)C)NCC1. The van der Waals surface area contributed by atoms with E-state index in [1.165, 1.54) is 12.1 Å². The third kappa shape index (κ3) is 3.89. The van der Waals surface area contributed by atoms with Crippen LogP contribution >= 0.6 is 0 Å². The monoisotopic (exact) mass is 211 g/mol. The van der Waals surface area contributed by atoms with Gasteiger partial charge in [-0.2, -0.15) is 0 Å². The second kappa shape index (κ2) is 5.05. The maximum Gasteiger partial charge on any atom is 0.0182 e. The van der Waals surface area contributed by atoms with Crippen LogP contribution in [0.1, 0.15) is 61.8 Å². The van der Waals surface area contributed by atoms with Gasteiger partial charge < -0.3 is 5.32 Å². The summed E-state index contributed by atoms with van der Waals surface area (Å²) in [4.78, 5) is 0. The molecule has 1 heterocycles. The Morgan fingerprint density at radius 2 is 1.33 bits per heavy atom. The van der Waals surface area contributed by atoms with Crippen molar-refractivity contribution < 1.29 is 0 Å². The van der Waals surface area contributed by atoms with Crippen molar-refractivity contribution in [2.24, 2.45) is 10.8 Å². The van der Waals surface area contributed by atoms with Gasteiger partial charge in [0.05, 0.1) is 0 Å². The Balaban J connectivity index is 0.000000921. The smallest absolute Gasteiger partial charge is 0.0182 e. The second-order valence-electron chi connectivity index (χ2n) is 6.03. The molecule has 1 rings (SSSR count). The van der Waals surface area contributed by atoms with Crippen LogP contribution in [0.2, 0.25) is 0 Å². The number of allylic oxidation sites excluding steroid dienone is 1. The maximum absolute atomic E-state index is 3.53. The average molecular weight is 211 g/mol. The van der Waals surface area contributed by atoms with Crippen LogP contribution in [0.15, 0.2) is 11.3 Å². The first-order chi connectivity index (χ1) is 6.73. The fraction of sp³-hybridized carbons (Fsp3) is 0.857. The molecular weight excluding hydrogens is 182 g/mol. The first-order valence-electron chi connectivity index (χ1n) is 6.21. The highest BCUT2D eigenvalue weighted by Gasteiger charge is 2.30. The molecule has 0 aromatic rings. The molecule has 0 unspecified atom stereocenters. The van der Waals surface area contributed by atoms with Crippen molar-refractivity contribution in [3.8, 4) is 0 Å². The van der Waals surface area contributed by atoms with E-state index in [2.05, 4.69) is 46.9 Å². The summed E-state index contributed by atoms with van der Waals surface area (Å²) < 4.78 is 0. The Hall–Kier alpha value is -0.460. The third-order valence-electron chi connectivity index (χ3n) is 2.63. The molecule has 0 bridgehead atoms. The summed E-state index contributed by atoms with van der Waals surface area (Å²) >= 11 is 0. The van der Waals surface area contributed by atoms with Crippen LogP contribution in [0.25, 0.3) is 0 Å². The fourth-order valence-corrected chi connectivity index (χ4v) is 2.01. The molecule has 90 valence electrons. The largest absolute Gasteiger partial charge is 0.388 e. The summed E-state index contributed by atoms with van der Waals surface area (Å²) in [5.74, 6) is 0. The zero-order valence-electron chi connectivity index (χ0n) is 11.9. The molecule has 0 amide bonds. The van der Waals surface area contributed by atoms with Gasteiger partial charge in [-0.3, -0.25) is 0 Å². The Morgan fingerprint density at radius 3 is 1.60 bits per heavy atom. The molecule has 15 heavy (non-hydrogen) atoms. The van der Waals surface area contributed by atoms with Crippen molar-refractivity contribution in [3.05, 3.63) is 11.3 Å². The Kier molecular flexibility index (Phi) is 4.89. The van der Waals surface area contributed by atoms with Gasteiger partial charge in [-0.25, -0.2) is 0 Å². The number of rotatable bonds is 0. The lowest BCUT2D eigenvalue weighted by molar-refractivity contribution is 0.437. The minimum atomic E-state index is 0.277. The summed E-state index contributed by atoms with van der Waals surface area (Å²) in [6, 6.07) is 0. The van der Waals surface area contributed by atoms with Gasteiger partial charge in [-0.15, -0.1) is 0 Å².